The lowest BCUT2D eigenvalue weighted by molar-refractivity contribution is -0.385. The molecular weight excluding hydrogens is 243 g/mol. The van der Waals surface area contributed by atoms with E-state index < -0.39 is 16.7 Å². The third-order valence-electron chi connectivity index (χ3n) is 2.46. The lowest BCUT2D eigenvalue weighted by Gasteiger charge is -2.22. The summed E-state index contributed by atoms with van der Waals surface area (Å²) in [4.78, 5) is 21.8. The number of nitro benzene ring substituents is 1. The molecule has 0 aliphatic rings. The Hall–Kier alpha value is -2.18. The third-order valence-corrected chi connectivity index (χ3v) is 2.46. The Balaban J connectivity index is 2.92. The zero-order chi connectivity index (χ0) is 13.7. The van der Waals surface area contributed by atoms with Crippen molar-refractivity contribution in [1.29, 1.82) is 0 Å². The summed E-state index contributed by atoms with van der Waals surface area (Å²) in [6.45, 7) is 2.32. The van der Waals surface area contributed by atoms with Crippen LogP contribution in [0.15, 0.2) is 18.2 Å². The molecule has 7 heteroatoms. The highest BCUT2D eigenvalue weighted by molar-refractivity contribution is 5.67. The van der Waals surface area contributed by atoms with E-state index in [1.807, 2.05) is 0 Å². The summed E-state index contributed by atoms with van der Waals surface area (Å²) in [7, 11) is 0. The SMILES string of the molecule is CCN(CCC(=O)O)c1ccc([N+](=O)[O-])cc1F. The number of halogens is 1. The smallest absolute Gasteiger partial charge is 0.305 e. The van der Waals surface area contributed by atoms with Gasteiger partial charge in [-0.05, 0) is 13.0 Å². The molecule has 0 heterocycles. The van der Waals surface area contributed by atoms with Crippen LogP contribution in [0, 0.1) is 15.9 Å². The molecule has 18 heavy (non-hydrogen) atoms. The molecule has 0 aliphatic heterocycles. The highest BCUT2D eigenvalue weighted by atomic mass is 19.1. The van der Waals surface area contributed by atoms with E-state index in [-0.39, 0.29) is 24.3 Å². The largest absolute Gasteiger partial charge is 0.481 e. The van der Waals surface area contributed by atoms with E-state index >= 15 is 0 Å². The van der Waals surface area contributed by atoms with Crippen LogP contribution in [-0.4, -0.2) is 29.1 Å². The van der Waals surface area contributed by atoms with Crippen LogP contribution >= 0.6 is 0 Å². The number of aliphatic carboxylic acids is 1. The molecule has 0 aliphatic carbocycles. The second kappa shape index (κ2) is 5.95. The summed E-state index contributed by atoms with van der Waals surface area (Å²) in [6.07, 6.45) is -0.121. The third kappa shape index (κ3) is 3.41. The molecule has 98 valence electrons. The number of carboxylic acids is 1. The van der Waals surface area contributed by atoms with Crippen LogP contribution in [0.2, 0.25) is 0 Å². The number of rotatable bonds is 6. The summed E-state index contributed by atoms with van der Waals surface area (Å²) >= 11 is 0. The Bertz CT molecular complexity index is 464. The second-order valence-electron chi connectivity index (χ2n) is 3.62. The van der Waals surface area contributed by atoms with E-state index in [9.17, 15) is 19.3 Å². The second-order valence-corrected chi connectivity index (χ2v) is 3.62. The average Bonchev–Trinajstić information content (AvgIpc) is 2.30. The first kappa shape index (κ1) is 13.9. The van der Waals surface area contributed by atoms with Crippen LogP contribution in [-0.2, 0) is 4.79 Å². The van der Waals surface area contributed by atoms with Gasteiger partial charge < -0.3 is 10.0 Å². The van der Waals surface area contributed by atoms with Crippen molar-refractivity contribution >= 4 is 17.3 Å². The van der Waals surface area contributed by atoms with Gasteiger partial charge in [0.1, 0.15) is 0 Å². The quantitative estimate of drug-likeness (QED) is 0.622. The van der Waals surface area contributed by atoms with Crippen molar-refractivity contribution in [3.63, 3.8) is 0 Å². The summed E-state index contributed by atoms with van der Waals surface area (Å²) < 4.78 is 13.7. The minimum Gasteiger partial charge on any atom is -0.481 e. The van der Waals surface area contributed by atoms with Gasteiger partial charge in [0.15, 0.2) is 5.82 Å². The van der Waals surface area contributed by atoms with Crippen molar-refractivity contribution in [2.75, 3.05) is 18.0 Å². The van der Waals surface area contributed by atoms with E-state index in [1.54, 1.807) is 6.92 Å². The average molecular weight is 256 g/mol. The van der Waals surface area contributed by atoms with Crippen molar-refractivity contribution in [2.45, 2.75) is 13.3 Å². The maximum absolute atomic E-state index is 13.7. The fourth-order valence-electron chi connectivity index (χ4n) is 1.55. The van der Waals surface area contributed by atoms with E-state index in [1.165, 1.54) is 17.0 Å². The van der Waals surface area contributed by atoms with Crippen molar-refractivity contribution in [2.24, 2.45) is 0 Å². The van der Waals surface area contributed by atoms with Crippen molar-refractivity contribution < 1.29 is 19.2 Å². The number of nitro groups is 1. The standard InChI is InChI=1S/C11H13FN2O4/c1-2-13(6-5-11(15)16)10-4-3-8(14(17)18)7-9(10)12/h3-4,7H,2,5-6H2,1H3,(H,15,16). The highest BCUT2D eigenvalue weighted by Gasteiger charge is 2.15. The normalized spacial score (nSPS) is 10.1. The Labute approximate surface area is 103 Å². The topological polar surface area (TPSA) is 83.7 Å². The number of carbonyl (C=O) groups is 1. The first-order chi connectivity index (χ1) is 8.45. The van der Waals surface area contributed by atoms with Crippen molar-refractivity contribution in [3.05, 3.63) is 34.1 Å². The van der Waals surface area contributed by atoms with E-state index in [0.29, 0.717) is 6.54 Å². The van der Waals surface area contributed by atoms with E-state index in [2.05, 4.69) is 0 Å². The van der Waals surface area contributed by atoms with E-state index in [0.717, 1.165) is 6.07 Å². The first-order valence-electron chi connectivity index (χ1n) is 5.36. The molecule has 0 unspecified atom stereocenters. The number of benzene rings is 1. The zero-order valence-electron chi connectivity index (χ0n) is 9.80. The minimum atomic E-state index is -0.976. The number of carboxylic acid groups (broad SMARTS) is 1. The molecule has 0 bridgehead atoms. The van der Waals surface area contributed by atoms with Crippen molar-refractivity contribution in [1.82, 2.24) is 0 Å². The molecule has 1 aromatic carbocycles. The molecule has 0 amide bonds. The van der Waals surface area contributed by atoms with Crippen molar-refractivity contribution in [3.8, 4) is 0 Å². The number of anilines is 1. The number of hydrogen-bond acceptors (Lipinski definition) is 4. The minimum absolute atomic E-state index is 0.121. The molecule has 1 aromatic rings. The summed E-state index contributed by atoms with van der Waals surface area (Å²) in [5.41, 5.74) is -0.158. The predicted molar refractivity (Wildman–Crippen MR) is 63.2 cm³/mol. The molecule has 0 saturated heterocycles. The lowest BCUT2D eigenvalue weighted by atomic mass is 10.2. The number of nitrogens with zero attached hydrogens (tertiary/aromatic N) is 2. The highest BCUT2D eigenvalue weighted by Crippen LogP contribution is 2.24. The number of non-ortho nitro benzene ring substituents is 1. The molecule has 0 radical (unpaired) electrons. The summed E-state index contributed by atoms with van der Waals surface area (Å²) in [5, 5.41) is 19.0. The fourth-order valence-corrected chi connectivity index (χ4v) is 1.55. The maximum Gasteiger partial charge on any atom is 0.305 e. The van der Waals surface area contributed by atoms with Crippen LogP contribution in [0.1, 0.15) is 13.3 Å². The van der Waals surface area contributed by atoms with Crippen LogP contribution in [0.3, 0.4) is 0 Å². The van der Waals surface area contributed by atoms with Gasteiger partial charge in [-0.25, -0.2) is 4.39 Å². The van der Waals surface area contributed by atoms with Gasteiger partial charge in [-0.3, -0.25) is 14.9 Å². The maximum atomic E-state index is 13.7. The molecule has 6 nitrogen and oxygen atoms in total. The summed E-state index contributed by atoms with van der Waals surface area (Å²) in [6, 6.07) is 3.32. The summed E-state index contributed by atoms with van der Waals surface area (Å²) in [5.74, 6) is -1.70. The fraction of sp³-hybridized carbons (Fsp3) is 0.364. The van der Waals surface area contributed by atoms with Gasteiger partial charge in [0, 0.05) is 19.2 Å². The van der Waals surface area contributed by atoms with Gasteiger partial charge in [-0.1, -0.05) is 0 Å². The van der Waals surface area contributed by atoms with Gasteiger partial charge in [-0.2, -0.15) is 0 Å². The van der Waals surface area contributed by atoms with Crippen LogP contribution in [0.5, 0.6) is 0 Å². The van der Waals surface area contributed by atoms with Gasteiger partial charge in [-0.15, -0.1) is 0 Å². The van der Waals surface area contributed by atoms with Gasteiger partial charge >= 0.3 is 5.97 Å². The Morgan fingerprint density at radius 1 is 1.56 bits per heavy atom. The Kier molecular flexibility index (Phi) is 4.59. The van der Waals surface area contributed by atoms with Gasteiger partial charge in [0.05, 0.1) is 23.1 Å². The Morgan fingerprint density at radius 2 is 2.22 bits per heavy atom. The van der Waals surface area contributed by atoms with Crippen LogP contribution in [0.25, 0.3) is 0 Å². The molecule has 1 rings (SSSR count). The zero-order valence-corrected chi connectivity index (χ0v) is 9.80. The number of hydrogen-bond donors (Lipinski definition) is 1. The first-order valence-corrected chi connectivity index (χ1v) is 5.36. The van der Waals surface area contributed by atoms with Crippen LogP contribution < -0.4 is 4.90 Å². The molecule has 0 aromatic heterocycles. The lowest BCUT2D eigenvalue weighted by Crippen LogP contribution is -2.26. The van der Waals surface area contributed by atoms with Gasteiger partial charge in [0.2, 0.25) is 0 Å². The molecule has 0 fully saturated rings. The molecule has 0 saturated carbocycles. The monoisotopic (exact) mass is 256 g/mol. The Morgan fingerprint density at radius 3 is 2.67 bits per heavy atom. The predicted octanol–water partition coefficient (Wildman–Crippen LogP) is 2.03. The van der Waals surface area contributed by atoms with E-state index in [4.69, 9.17) is 5.11 Å². The molecular formula is C11H13FN2O4. The molecule has 1 N–H and O–H groups in total. The van der Waals surface area contributed by atoms with Gasteiger partial charge in [0.25, 0.3) is 5.69 Å². The van der Waals surface area contributed by atoms with Crippen LogP contribution in [0.4, 0.5) is 15.8 Å². The molecule has 0 spiro atoms. The molecule has 0 atom stereocenters.